The maximum absolute atomic E-state index is 13.9. The van der Waals surface area contributed by atoms with Crippen LogP contribution in [0.15, 0.2) is 47.0 Å². The molecule has 3 aromatic rings. The number of oxazole rings is 1. The lowest BCUT2D eigenvalue weighted by Crippen LogP contribution is -2.49. The van der Waals surface area contributed by atoms with Crippen molar-refractivity contribution in [2.45, 2.75) is 44.7 Å². The molecule has 2 aliphatic rings. The van der Waals surface area contributed by atoms with E-state index in [1.807, 2.05) is 4.90 Å². The predicted octanol–water partition coefficient (Wildman–Crippen LogP) is 4.92. The third-order valence-electron chi connectivity index (χ3n) is 7.44. The minimum Gasteiger partial charge on any atom is -0.420 e. The Bertz CT molecular complexity index is 1360. The van der Waals surface area contributed by atoms with E-state index in [2.05, 4.69) is 9.97 Å². The smallest absolute Gasteiger partial charge is 0.420 e. The van der Waals surface area contributed by atoms with Gasteiger partial charge in [0.2, 0.25) is 17.5 Å². The Hall–Kier alpha value is -3.96. The SMILES string of the molecule is O=C(Cc1ccc(N2CCN(C(=O)Cc3ccccc3F)CC2)nc1)c1oc(N2CCCCCC2)nc1C(F)(F)F. The van der Waals surface area contributed by atoms with Gasteiger partial charge in [-0.1, -0.05) is 37.1 Å². The maximum Gasteiger partial charge on any atom is 0.437 e. The number of carbonyl (C=O) groups is 2. The minimum atomic E-state index is -4.82. The number of piperazine rings is 1. The van der Waals surface area contributed by atoms with Crippen molar-refractivity contribution >= 4 is 23.5 Å². The molecule has 0 atom stereocenters. The zero-order valence-corrected chi connectivity index (χ0v) is 22.5. The zero-order chi connectivity index (χ0) is 29.0. The second kappa shape index (κ2) is 12.3. The van der Waals surface area contributed by atoms with E-state index in [9.17, 15) is 27.2 Å². The summed E-state index contributed by atoms with van der Waals surface area (Å²) in [6, 6.07) is 9.39. The summed E-state index contributed by atoms with van der Waals surface area (Å²) in [5.41, 5.74) is -0.496. The molecule has 0 aliphatic carbocycles. The van der Waals surface area contributed by atoms with Crippen LogP contribution in [-0.2, 0) is 23.8 Å². The first-order chi connectivity index (χ1) is 19.7. The highest BCUT2D eigenvalue weighted by molar-refractivity contribution is 5.96. The van der Waals surface area contributed by atoms with Gasteiger partial charge in [-0.15, -0.1) is 0 Å². The Labute approximate surface area is 235 Å². The average Bonchev–Trinajstić information content (AvgIpc) is 3.25. The second-order valence-electron chi connectivity index (χ2n) is 10.3. The minimum absolute atomic E-state index is 0.00554. The molecule has 12 heteroatoms. The van der Waals surface area contributed by atoms with Crippen molar-refractivity contribution in [3.8, 4) is 0 Å². The first-order valence-electron chi connectivity index (χ1n) is 13.8. The highest BCUT2D eigenvalue weighted by Crippen LogP contribution is 2.35. The summed E-state index contributed by atoms with van der Waals surface area (Å²) >= 11 is 0. The third kappa shape index (κ3) is 6.86. The maximum atomic E-state index is 13.9. The average molecular weight is 574 g/mol. The van der Waals surface area contributed by atoms with E-state index in [-0.39, 0.29) is 24.8 Å². The highest BCUT2D eigenvalue weighted by atomic mass is 19.4. The van der Waals surface area contributed by atoms with Crippen LogP contribution >= 0.6 is 0 Å². The van der Waals surface area contributed by atoms with Gasteiger partial charge < -0.3 is 19.1 Å². The first kappa shape index (κ1) is 28.6. The van der Waals surface area contributed by atoms with Gasteiger partial charge in [-0.05, 0) is 36.1 Å². The molecule has 0 bridgehead atoms. The quantitative estimate of drug-likeness (QED) is 0.293. The van der Waals surface area contributed by atoms with Gasteiger partial charge in [0.25, 0.3) is 6.01 Å². The second-order valence-corrected chi connectivity index (χ2v) is 10.3. The lowest BCUT2D eigenvalue weighted by molar-refractivity contribution is -0.141. The van der Waals surface area contributed by atoms with Crippen LogP contribution < -0.4 is 9.80 Å². The molecule has 4 heterocycles. The summed E-state index contributed by atoms with van der Waals surface area (Å²) in [5.74, 6) is -1.53. The Kier molecular flexibility index (Phi) is 8.55. The normalized spacial score (nSPS) is 16.5. The summed E-state index contributed by atoms with van der Waals surface area (Å²) < 4.78 is 60.5. The molecular formula is C29H31F4N5O3. The molecule has 1 aromatic carbocycles. The van der Waals surface area contributed by atoms with Crippen LogP contribution in [0.3, 0.4) is 0 Å². The number of halogens is 4. The molecule has 2 aromatic heterocycles. The molecule has 2 saturated heterocycles. The molecular weight excluding hydrogens is 542 g/mol. The summed E-state index contributed by atoms with van der Waals surface area (Å²) in [4.78, 5) is 39.0. The van der Waals surface area contributed by atoms with Crippen molar-refractivity contribution < 1.29 is 31.6 Å². The Balaban J connectivity index is 1.19. The number of Topliss-reactive ketones (excluding diaryl/α,β-unsaturated/α-hetero) is 1. The number of rotatable bonds is 7. The molecule has 0 saturated carbocycles. The number of benzene rings is 1. The molecule has 0 spiro atoms. The third-order valence-corrected chi connectivity index (χ3v) is 7.44. The summed E-state index contributed by atoms with van der Waals surface area (Å²) in [6.45, 7) is 2.98. The van der Waals surface area contributed by atoms with Gasteiger partial charge in [0, 0.05) is 51.9 Å². The van der Waals surface area contributed by atoms with E-state index in [0.29, 0.717) is 56.2 Å². The number of nitrogens with zero attached hydrogens (tertiary/aromatic N) is 5. The highest BCUT2D eigenvalue weighted by Gasteiger charge is 2.41. The van der Waals surface area contributed by atoms with Gasteiger partial charge in [0.1, 0.15) is 11.6 Å². The van der Waals surface area contributed by atoms with Crippen molar-refractivity contribution in [3.63, 3.8) is 0 Å². The number of carbonyl (C=O) groups excluding carboxylic acids is 2. The molecule has 0 radical (unpaired) electrons. The van der Waals surface area contributed by atoms with Gasteiger partial charge in [-0.3, -0.25) is 9.59 Å². The molecule has 2 aliphatic heterocycles. The Morgan fingerprint density at radius 2 is 1.56 bits per heavy atom. The summed E-state index contributed by atoms with van der Waals surface area (Å²) in [6.07, 6.45) is -0.0591. The van der Waals surface area contributed by atoms with Gasteiger partial charge in [0.05, 0.1) is 6.42 Å². The number of hydrogen-bond donors (Lipinski definition) is 0. The van der Waals surface area contributed by atoms with Gasteiger partial charge in [-0.2, -0.15) is 18.2 Å². The van der Waals surface area contributed by atoms with Crippen molar-refractivity contribution in [3.05, 3.63) is 71.0 Å². The largest absolute Gasteiger partial charge is 0.437 e. The van der Waals surface area contributed by atoms with E-state index >= 15 is 0 Å². The first-order valence-corrected chi connectivity index (χ1v) is 13.8. The van der Waals surface area contributed by atoms with Crippen LogP contribution in [-0.4, -0.2) is 65.8 Å². The van der Waals surface area contributed by atoms with Crippen molar-refractivity contribution in [2.24, 2.45) is 0 Å². The van der Waals surface area contributed by atoms with Crippen LogP contribution in [0.25, 0.3) is 0 Å². The number of hydrogen-bond acceptors (Lipinski definition) is 7. The molecule has 1 amide bonds. The molecule has 8 nitrogen and oxygen atoms in total. The molecule has 5 rings (SSSR count). The van der Waals surface area contributed by atoms with Crippen LogP contribution in [0.1, 0.15) is 53.1 Å². The fraction of sp³-hybridized carbons (Fsp3) is 0.448. The summed E-state index contributed by atoms with van der Waals surface area (Å²) in [7, 11) is 0. The topological polar surface area (TPSA) is 82.8 Å². The summed E-state index contributed by atoms with van der Waals surface area (Å²) in [5, 5.41) is 0. The van der Waals surface area contributed by atoms with Crippen molar-refractivity contribution in [2.75, 3.05) is 49.1 Å². The van der Waals surface area contributed by atoms with E-state index < -0.39 is 29.2 Å². The fourth-order valence-electron chi connectivity index (χ4n) is 5.16. The number of aromatic nitrogens is 2. The number of amides is 1. The monoisotopic (exact) mass is 573 g/mol. The lowest BCUT2D eigenvalue weighted by Gasteiger charge is -2.35. The van der Waals surface area contributed by atoms with Crippen LogP contribution in [0.5, 0.6) is 0 Å². The molecule has 41 heavy (non-hydrogen) atoms. The molecule has 0 N–H and O–H groups in total. The van der Waals surface area contributed by atoms with E-state index in [0.717, 1.165) is 25.7 Å². The zero-order valence-electron chi connectivity index (χ0n) is 22.5. The van der Waals surface area contributed by atoms with Crippen LogP contribution in [0.2, 0.25) is 0 Å². The van der Waals surface area contributed by atoms with Gasteiger partial charge >= 0.3 is 6.18 Å². The van der Waals surface area contributed by atoms with Gasteiger partial charge in [0.15, 0.2) is 5.69 Å². The Morgan fingerprint density at radius 1 is 0.854 bits per heavy atom. The van der Waals surface area contributed by atoms with E-state index in [1.54, 1.807) is 40.1 Å². The molecule has 218 valence electrons. The fourth-order valence-corrected chi connectivity index (χ4v) is 5.16. The van der Waals surface area contributed by atoms with Crippen molar-refractivity contribution in [1.82, 2.24) is 14.9 Å². The number of pyridine rings is 1. The number of ketones is 1. The van der Waals surface area contributed by atoms with Crippen LogP contribution in [0, 0.1) is 5.82 Å². The van der Waals surface area contributed by atoms with Gasteiger partial charge in [-0.25, -0.2) is 9.37 Å². The van der Waals surface area contributed by atoms with E-state index in [4.69, 9.17) is 4.42 Å². The Morgan fingerprint density at radius 3 is 2.20 bits per heavy atom. The van der Waals surface area contributed by atoms with E-state index in [1.165, 1.54) is 12.3 Å². The lowest BCUT2D eigenvalue weighted by atomic mass is 10.1. The standard InChI is InChI=1S/C29H31F4N5O3/c30-22-8-4-3-7-21(22)18-25(40)37-15-13-36(14-16-37)24-10-9-20(19-34-24)17-23(39)26-27(29(31,32)33)35-28(41-26)38-11-5-1-2-6-12-38/h3-4,7-10,19H,1-2,5-6,11-18H2. The molecule has 0 unspecified atom stereocenters. The predicted molar refractivity (Wildman–Crippen MR) is 143 cm³/mol. The molecule has 2 fully saturated rings. The van der Waals surface area contributed by atoms with Crippen LogP contribution in [0.4, 0.5) is 29.4 Å². The number of alkyl halides is 3. The van der Waals surface area contributed by atoms with Crippen molar-refractivity contribution in [1.29, 1.82) is 0 Å². The number of anilines is 2.